The SMILES string of the molecule is Cc1ccc(-c2nc(C(=O)NCC3(O)CCC3)cs2)o1. The molecular weight excluding hydrogens is 276 g/mol. The summed E-state index contributed by atoms with van der Waals surface area (Å²) in [6.45, 7) is 2.16. The van der Waals surface area contributed by atoms with Gasteiger partial charge in [-0.05, 0) is 38.3 Å². The predicted molar refractivity (Wildman–Crippen MR) is 75.7 cm³/mol. The average molecular weight is 292 g/mol. The molecule has 0 aliphatic heterocycles. The number of carbonyl (C=O) groups excluding carboxylic acids is 1. The van der Waals surface area contributed by atoms with Gasteiger partial charge in [0.25, 0.3) is 5.91 Å². The van der Waals surface area contributed by atoms with E-state index in [2.05, 4.69) is 10.3 Å². The lowest BCUT2D eigenvalue weighted by Crippen LogP contribution is -2.47. The van der Waals surface area contributed by atoms with Crippen LogP contribution in [0.2, 0.25) is 0 Å². The Morgan fingerprint density at radius 3 is 2.95 bits per heavy atom. The summed E-state index contributed by atoms with van der Waals surface area (Å²) >= 11 is 1.37. The fraction of sp³-hybridized carbons (Fsp3) is 0.429. The van der Waals surface area contributed by atoms with Crippen LogP contribution in [0.5, 0.6) is 0 Å². The Balaban J connectivity index is 1.65. The van der Waals surface area contributed by atoms with Crippen molar-refractivity contribution in [2.24, 2.45) is 0 Å². The minimum Gasteiger partial charge on any atom is -0.459 e. The van der Waals surface area contributed by atoms with Crippen LogP contribution in [0.3, 0.4) is 0 Å². The van der Waals surface area contributed by atoms with E-state index in [0.717, 1.165) is 25.0 Å². The second kappa shape index (κ2) is 5.03. The molecule has 1 fully saturated rings. The van der Waals surface area contributed by atoms with Crippen LogP contribution in [0.4, 0.5) is 0 Å². The van der Waals surface area contributed by atoms with Crippen molar-refractivity contribution in [2.75, 3.05) is 6.54 Å². The number of nitrogens with zero attached hydrogens (tertiary/aromatic N) is 1. The van der Waals surface area contributed by atoms with Gasteiger partial charge in [-0.2, -0.15) is 0 Å². The summed E-state index contributed by atoms with van der Waals surface area (Å²) in [4.78, 5) is 16.2. The van der Waals surface area contributed by atoms with Crippen molar-refractivity contribution in [2.45, 2.75) is 31.8 Å². The molecule has 6 heteroatoms. The number of amides is 1. The number of carbonyl (C=O) groups is 1. The van der Waals surface area contributed by atoms with Crippen LogP contribution in [-0.2, 0) is 0 Å². The molecule has 2 aromatic rings. The van der Waals surface area contributed by atoms with Crippen LogP contribution in [0.1, 0.15) is 35.5 Å². The molecule has 0 saturated heterocycles. The summed E-state index contributed by atoms with van der Waals surface area (Å²) in [5.74, 6) is 1.23. The van der Waals surface area contributed by atoms with Crippen molar-refractivity contribution >= 4 is 17.2 Å². The minimum atomic E-state index is -0.716. The van der Waals surface area contributed by atoms with Crippen LogP contribution in [0.15, 0.2) is 21.9 Å². The molecule has 0 unspecified atom stereocenters. The maximum absolute atomic E-state index is 12.0. The number of aromatic nitrogens is 1. The third-order valence-corrected chi connectivity index (χ3v) is 4.41. The van der Waals surface area contributed by atoms with Crippen molar-refractivity contribution in [3.05, 3.63) is 29.0 Å². The van der Waals surface area contributed by atoms with Gasteiger partial charge in [-0.1, -0.05) is 0 Å². The van der Waals surface area contributed by atoms with Gasteiger partial charge in [0.2, 0.25) is 0 Å². The third kappa shape index (κ3) is 2.62. The van der Waals surface area contributed by atoms with Gasteiger partial charge >= 0.3 is 0 Å². The maximum atomic E-state index is 12.0. The fourth-order valence-electron chi connectivity index (χ4n) is 2.14. The maximum Gasteiger partial charge on any atom is 0.270 e. The molecule has 0 spiro atoms. The van der Waals surface area contributed by atoms with Crippen LogP contribution in [0, 0.1) is 6.92 Å². The molecule has 2 heterocycles. The molecule has 106 valence electrons. The van der Waals surface area contributed by atoms with Crippen LogP contribution >= 0.6 is 11.3 Å². The average Bonchev–Trinajstić information content (AvgIpc) is 3.02. The molecule has 1 saturated carbocycles. The van der Waals surface area contributed by atoms with E-state index in [1.807, 2.05) is 19.1 Å². The normalized spacial score (nSPS) is 16.7. The minimum absolute atomic E-state index is 0.254. The Hall–Kier alpha value is -1.66. The van der Waals surface area contributed by atoms with Crippen LogP contribution in [-0.4, -0.2) is 28.1 Å². The summed E-state index contributed by atoms with van der Waals surface area (Å²) < 4.78 is 5.48. The van der Waals surface area contributed by atoms with E-state index in [1.54, 1.807) is 5.38 Å². The van der Waals surface area contributed by atoms with Crippen molar-refractivity contribution < 1.29 is 14.3 Å². The number of hydrogen-bond donors (Lipinski definition) is 2. The number of rotatable bonds is 4. The van der Waals surface area contributed by atoms with E-state index in [-0.39, 0.29) is 5.91 Å². The Labute approximate surface area is 120 Å². The molecule has 1 aliphatic carbocycles. The molecule has 0 atom stereocenters. The first-order valence-corrected chi connectivity index (χ1v) is 7.47. The number of furan rings is 1. The predicted octanol–water partition coefficient (Wildman–Crippen LogP) is 2.36. The summed E-state index contributed by atoms with van der Waals surface area (Å²) in [5.41, 5.74) is -0.353. The number of aryl methyl sites for hydroxylation is 1. The van der Waals surface area contributed by atoms with E-state index in [9.17, 15) is 9.90 Å². The molecule has 0 bridgehead atoms. The van der Waals surface area contributed by atoms with E-state index >= 15 is 0 Å². The highest BCUT2D eigenvalue weighted by Gasteiger charge is 2.34. The lowest BCUT2D eigenvalue weighted by molar-refractivity contribution is -0.0300. The smallest absolute Gasteiger partial charge is 0.270 e. The molecular formula is C14H16N2O3S. The molecule has 1 amide bonds. The second-order valence-electron chi connectivity index (χ2n) is 5.21. The van der Waals surface area contributed by atoms with E-state index < -0.39 is 5.60 Å². The largest absolute Gasteiger partial charge is 0.459 e. The van der Waals surface area contributed by atoms with E-state index in [4.69, 9.17) is 4.42 Å². The van der Waals surface area contributed by atoms with Crippen molar-refractivity contribution in [1.82, 2.24) is 10.3 Å². The Bertz CT molecular complexity index is 628. The topological polar surface area (TPSA) is 75.4 Å². The molecule has 3 rings (SSSR count). The second-order valence-corrected chi connectivity index (χ2v) is 6.07. The first-order chi connectivity index (χ1) is 9.56. The van der Waals surface area contributed by atoms with Gasteiger partial charge in [0.1, 0.15) is 11.5 Å². The number of hydrogen-bond acceptors (Lipinski definition) is 5. The van der Waals surface area contributed by atoms with Gasteiger partial charge in [0.05, 0.1) is 5.60 Å². The van der Waals surface area contributed by atoms with Gasteiger partial charge in [0, 0.05) is 11.9 Å². The van der Waals surface area contributed by atoms with Crippen LogP contribution < -0.4 is 5.32 Å². The first-order valence-electron chi connectivity index (χ1n) is 6.59. The van der Waals surface area contributed by atoms with Gasteiger partial charge in [0.15, 0.2) is 10.8 Å². The summed E-state index contributed by atoms with van der Waals surface area (Å²) in [5, 5.41) is 15.1. The van der Waals surface area contributed by atoms with E-state index in [1.165, 1.54) is 11.3 Å². The van der Waals surface area contributed by atoms with Gasteiger partial charge in [-0.15, -0.1) is 11.3 Å². The fourth-order valence-corrected chi connectivity index (χ4v) is 2.90. The lowest BCUT2D eigenvalue weighted by Gasteiger charge is -2.36. The summed E-state index contributed by atoms with van der Waals surface area (Å²) in [6, 6.07) is 3.70. The van der Waals surface area contributed by atoms with Gasteiger partial charge in [-0.3, -0.25) is 4.79 Å². The highest BCUT2D eigenvalue weighted by atomic mass is 32.1. The first kappa shape index (κ1) is 13.3. The molecule has 2 aromatic heterocycles. The standard InChI is InChI=1S/C14H16N2O3S/c1-9-3-4-11(19-9)13-16-10(7-20-13)12(17)15-8-14(18)5-2-6-14/h3-4,7,18H,2,5-6,8H2,1H3,(H,15,17). The molecule has 1 aliphatic rings. The zero-order valence-electron chi connectivity index (χ0n) is 11.2. The lowest BCUT2D eigenvalue weighted by atomic mass is 9.80. The Morgan fingerprint density at radius 2 is 2.35 bits per heavy atom. The number of thiazole rings is 1. The Morgan fingerprint density at radius 1 is 1.55 bits per heavy atom. The molecule has 0 aromatic carbocycles. The number of aliphatic hydroxyl groups is 1. The zero-order chi connectivity index (χ0) is 14.2. The quantitative estimate of drug-likeness (QED) is 0.907. The van der Waals surface area contributed by atoms with E-state index in [0.29, 0.717) is 23.0 Å². The third-order valence-electron chi connectivity index (χ3n) is 3.55. The van der Waals surface area contributed by atoms with Crippen LogP contribution in [0.25, 0.3) is 10.8 Å². The highest BCUT2D eigenvalue weighted by Crippen LogP contribution is 2.31. The highest BCUT2D eigenvalue weighted by molar-refractivity contribution is 7.13. The monoisotopic (exact) mass is 292 g/mol. The van der Waals surface area contributed by atoms with Crippen molar-refractivity contribution in [3.8, 4) is 10.8 Å². The summed E-state index contributed by atoms with van der Waals surface area (Å²) in [6.07, 6.45) is 2.52. The van der Waals surface area contributed by atoms with Gasteiger partial charge in [-0.25, -0.2) is 4.98 Å². The molecule has 0 radical (unpaired) electrons. The molecule has 5 nitrogen and oxygen atoms in total. The number of nitrogens with one attached hydrogen (secondary N) is 1. The summed E-state index contributed by atoms with van der Waals surface area (Å²) in [7, 11) is 0. The molecule has 20 heavy (non-hydrogen) atoms. The van der Waals surface area contributed by atoms with Crippen molar-refractivity contribution in [1.29, 1.82) is 0 Å². The molecule has 2 N–H and O–H groups in total. The Kier molecular flexibility index (Phi) is 3.35. The van der Waals surface area contributed by atoms with Crippen molar-refractivity contribution in [3.63, 3.8) is 0 Å². The zero-order valence-corrected chi connectivity index (χ0v) is 12.0. The van der Waals surface area contributed by atoms with Gasteiger partial charge < -0.3 is 14.8 Å².